The van der Waals surface area contributed by atoms with Gasteiger partial charge >= 0.3 is 0 Å². The third-order valence-electron chi connectivity index (χ3n) is 3.11. The molecule has 0 fully saturated rings. The van der Waals surface area contributed by atoms with Gasteiger partial charge in [-0.1, -0.05) is 47.0 Å². The van der Waals surface area contributed by atoms with Gasteiger partial charge in [0.05, 0.1) is 16.1 Å². The summed E-state index contributed by atoms with van der Waals surface area (Å²) < 4.78 is 0. The van der Waals surface area contributed by atoms with Gasteiger partial charge in [0.1, 0.15) is 0 Å². The molecule has 104 valence electrons. The van der Waals surface area contributed by atoms with Crippen molar-refractivity contribution in [3.05, 3.63) is 69.2 Å². The monoisotopic (exact) mass is 307 g/mol. The van der Waals surface area contributed by atoms with Crippen molar-refractivity contribution in [1.29, 1.82) is 0 Å². The minimum Gasteiger partial charge on any atom is -0.346 e. The molecule has 2 aromatic carbocycles. The number of hydrogen-bond donors (Lipinski definition) is 1. The van der Waals surface area contributed by atoms with Crippen molar-refractivity contribution < 1.29 is 4.79 Å². The fourth-order valence-electron chi connectivity index (χ4n) is 1.85. The van der Waals surface area contributed by atoms with E-state index >= 15 is 0 Å². The lowest BCUT2D eigenvalue weighted by Crippen LogP contribution is -2.26. The average molecular weight is 308 g/mol. The molecule has 0 radical (unpaired) electrons. The molecule has 1 amide bonds. The number of rotatable bonds is 3. The Morgan fingerprint density at radius 2 is 1.70 bits per heavy atom. The summed E-state index contributed by atoms with van der Waals surface area (Å²) in [4.78, 5) is 12.1. The van der Waals surface area contributed by atoms with Crippen molar-refractivity contribution in [1.82, 2.24) is 5.32 Å². The standard InChI is InChI=1S/C16H15Cl2NO/c1-10-3-5-12(6-4-10)16(20)19-11(2)13-7-8-14(17)15(18)9-13/h3-9,11H,1-2H3,(H,19,20). The summed E-state index contributed by atoms with van der Waals surface area (Å²) in [6, 6.07) is 12.7. The third-order valence-corrected chi connectivity index (χ3v) is 3.84. The van der Waals surface area contributed by atoms with Crippen molar-refractivity contribution in [2.24, 2.45) is 0 Å². The van der Waals surface area contributed by atoms with E-state index in [-0.39, 0.29) is 11.9 Å². The summed E-state index contributed by atoms with van der Waals surface area (Å²) in [5, 5.41) is 3.93. The maximum Gasteiger partial charge on any atom is 0.251 e. The Hall–Kier alpha value is -1.51. The zero-order chi connectivity index (χ0) is 14.7. The lowest BCUT2D eigenvalue weighted by Gasteiger charge is -2.15. The number of hydrogen-bond acceptors (Lipinski definition) is 1. The second-order valence-corrected chi connectivity index (χ2v) is 5.55. The predicted octanol–water partition coefficient (Wildman–Crippen LogP) is 4.79. The summed E-state index contributed by atoms with van der Waals surface area (Å²) in [5.74, 6) is -0.108. The van der Waals surface area contributed by atoms with Gasteiger partial charge in [-0.25, -0.2) is 0 Å². The number of aryl methyl sites for hydroxylation is 1. The Balaban J connectivity index is 2.10. The molecule has 0 aliphatic carbocycles. The van der Waals surface area contributed by atoms with Crippen LogP contribution in [0, 0.1) is 6.92 Å². The fraction of sp³-hybridized carbons (Fsp3) is 0.188. The molecule has 1 N–H and O–H groups in total. The topological polar surface area (TPSA) is 29.1 Å². The molecule has 0 spiro atoms. The molecule has 0 heterocycles. The third kappa shape index (κ3) is 3.53. The average Bonchev–Trinajstić information content (AvgIpc) is 2.42. The number of carbonyl (C=O) groups is 1. The molecule has 1 atom stereocenters. The first-order valence-electron chi connectivity index (χ1n) is 6.30. The SMILES string of the molecule is Cc1ccc(C(=O)NC(C)c2ccc(Cl)c(Cl)c2)cc1. The van der Waals surface area contributed by atoms with Crippen LogP contribution in [-0.2, 0) is 0 Å². The maximum atomic E-state index is 12.1. The van der Waals surface area contributed by atoms with Crippen LogP contribution in [0.4, 0.5) is 0 Å². The molecular formula is C16H15Cl2NO. The highest BCUT2D eigenvalue weighted by Gasteiger charge is 2.12. The Morgan fingerprint density at radius 3 is 2.30 bits per heavy atom. The highest BCUT2D eigenvalue weighted by atomic mass is 35.5. The van der Waals surface area contributed by atoms with Crippen molar-refractivity contribution in [2.45, 2.75) is 19.9 Å². The summed E-state index contributed by atoms with van der Waals surface area (Å²) in [6.45, 7) is 3.89. The number of nitrogens with one attached hydrogen (secondary N) is 1. The van der Waals surface area contributed by atoms with Crippen molar-refractivity contribution >= 4 is 29.1 Å². The van der Waals surface area contributed by atoms with Gasteiger partial charge in [-0.2, -0.15) is 0 Å². The van der Waals surface area contributed by atoms with E-state index in [0.29, 0.717) is 15.6 Å². The zero-order valence-corrected chi connectivity index (χ0v) is 12.8. The van der Waals surface area contributed by atoms with Crippen LogP contribution in [0.3, 0.4) is 0 Å². The van der Waals surface area contributed by atoms with Crippen molar-refractivity contribution in [3.8, 4) is 0 Å². The van der Waals surface area contributed by atoms with Crippen LogP contribution in [-0.4, -0.2) is 5.91 Å². The van der Waals surface area contributed by atoms with Gasteiger partial charge in [-0.15, -0.1) is 0 Å². The summed E-state index contributed by atoms with van der Waals surface area (Å²) >= 11 is 11.9. The number of halogens is 2. The first-order chi connectivity index (χ1) is 9.47. The van der Waals surface area contributed by atoms with E-state index in [2.05, 4.69) is 5.32 Å². The van der Waals surface area contributed by atoms with Crippen molar-refractivity contribution in [2.75, 3.05) is 0 Å². The van der Waals surface area contributed by atoms with Crippen LogP contribution in [0.2, 0.25) is 10.0 Å². The minimum absolute atomic E-state index is 0.108. The number of carbonyl (C=O) groups excluding carboxylic acids is 1. The second-order valence-electron chi connectivity index (χ2n) is 4.73. The molecule has 20 heavy (non-hydrogen) atoms. The van der Waals surface area contributed by atoms with Crippen LogP contribution in [0.15, 0.2) is 42.5 Å². The van der Waals surface area contributed by atoms with Gasteiger partial charge in [0.15, 0.2) is 0 Å². The van der Waals surface area contributed by atoms with E-state index in [4.69, 9.17) is 23.2 Å². The van der Waals surface area contributed by atoms with Gasteiger partial charge < -0.3 is 5.32 Å². The van der Waals surface area contributed by atoms with Crippen LogP contribution < -0.4 is 5.32 Å². The molecule has 0 bridgehead atoms. The van der Waals surface area contributed by atoms with Crippen LogP contribution >= 0.6 is 23.2 Å². The Bertz CT molecular complexity index is 623. The molecule has 4 heteroatoms. The van der Waals surface area contributed by atoms with Gasteiger partial charge in [0, 0.05) is 5.56 Å². The molecule has 2 aromatic rings. The largest absolute Gasteiger partial charge is 0.346 e. The maximum absolute atomic E-state index is 12.1. The molecule has 0 saturated heterocycles. The normalized spacial score (nSPS) is 12.0. The van der Waals surface area contributed by atoms with E-state index in [1.165, 1.54) is 0 Å². The fourth-order valence-corrected chi connectivity index (χ4v) is 2.16. The summed E-state index contributed by atoms with van der Waals surface area (Å²) in [6.07, 6.45) is 0. The second kappa shape index (κ2) is 6.29. The first kappa shape index (κ1) is 14.9. The molecule has 0 saturated carbocycles. The van der Waals surface area contributed by atoms with Crippen LogP contribution in [0.5, 0.6) is 0 Å². The molecule has 2 nitrogen and oxygen atoms in total. The highest BCUT2D eigenvalue weighted by molar-refractivity contribution is 6.42. The number of benzene rings is 2. The van der Waals surface area contributed by atoms with Gasteiger partial charge in [-0.05, 0) is 43.7 Å². The van der Waals surface area contributed by atoms with Gasteiger partial charge in [0.2, 0.25) is 0 Å². The molecular weight excluding hydrogens is 293 g/mol. The van der Waals surface area contributed by atoms with Crippen LogP contribution in [0.1, 0.15) is 34.5 Å². The predicted molar refractivity (Wildman–Crippen MR) is 83.5 cm³/mol. The van der Waals surface area contributed by atoms with E-state index in [1.54, 1.807) is 12.1 Å². The minimum atomic E-state index is -0.140. The summed E-state index contributed by atoms with van der Waals surface area (Å²) in [7, 11) is 0. The quantitative estimate of drug-likeness (QED) is 0.867. The molecule has 2 rings (SSSR count). The molecule has 0 aromatic heterocycles. The first-order valence-corrected chi connectivity index (χ1v) is 7.05. The molecule has 1 unspecified atom stereocenters. The van der Waals surface area contributed by atoms with Crippen molar-refractivity contribution in [3.63, 3.8) is 0 Å². The van der Waals surface area contributed by atoms with E-state index in [9.17, 15) is 4.79 Å². The van der Waals surface area contributed by atoms with E-state index in [1.807, 2.05) is 44.2 Å². The molecule has 0 aliphatic heterocycles. The summed E-state index contributed by atoms with van der Waals surface area (Å²) in [5.41, 5.74) is 2.68. The Kier molecular flexibility index (Phi) is 4.69. The lowest BCUT2D eigenvalue weighted by molar-refractivity contribution is 0.0940. The van der Waals surface area contributed by atoms with Gasteiger partial charge in [0.25, 0.3) is 5.91 Å². The Morgan fingerprint density at radius 1 is 1.05 bits per heavy atom. The highest BCUT2D eigenvalue weighted by Crippen LogP contribution is 2.25. The van der Waals surface area contributed by atoms with Crippen LogP contribution in [0.25, 0.3) is 0 Å². The Labute approximate surface area is 128 Å². The number of amides is 1. The van der Waals surface area contributed by atoms with E-state index in [0.717, 1.165) is 11.1 Å². The zero-order valence-electron chi connectivity index (χ0n) is 11.3. The van der Waals surface area contributed by atoms with E-state index < -0.39 is 0 Å². The molecule has 0 aliphatic rings. The smallest absolute Gasteiger partial charge is 0.251 e. The lowest BCUT2D eigenvalue weighted by atomic mass is 10.1. The van der Waals surface area contributed by atoms with Gasteiger partial charge in [-0.3, -0.25) is 4.79 Å².